The van der Waals surface area contributed by atoms with Crippen molar-refractivity contribution in [1.82, 2.24) is 9.96 Å². The molecule has 116 valence electrons. The Hall–Kier alpha value is -1.30. The lowest BCUT2D eigenvalue weighted by molar-refractivity contribution is -0.174. The molecule has 0 unspecified atom stereocenters. The molecule has 2 amide bonds. The molecule has 0 N–H and O–H groups in total. The molecule has 20 heavy (non-hydrogen) atoms. The van der Waals surface area contributed by atoms with E-state index < -0.39 is 23.3 Å². The van der Waals surface area contributed by atoms with Crippen LogP contribution >= 0.6 is 0 Å². The normalized spacial score (nSPS) is 21.8. The lowest BCUT2D eigenvalue weighted by Crippen LogP contribution is -2.54. The summed E-state index contributed by atoms with van der Waals surface area (Å²) in [5.74, 6) is -0.232. The number of hydrogen-bond acceptors (Lipinski definition) is 4. The average Bonchev–Trinajstić information content (AvgIpc) is 2.60. The van der Waals surface area contributed by atoms with Crippen molar-refractivity contribution in [1.29, 1.82) is 0 Å². The molecule has 0 aromatic heterocycles. The van der Waals surface area contributed by atoms with Crippen LogP contribution in [0.25, 0.3) is 0 Å². The molecule has 1 saturated heterocycles. The molecule has 0 aromatic carbocycles. The molecule has 1 aliphatic rings. The van der Waals surface area contributed by atoms with Crippen LogP contribution < -0.4 is 0 Å². The number of hydrogen-bond donors (Lipinski definition) is 0. The highest BCUT2D eigenvalue weighted by atomic mass is 16.7. The minimum atomic E-state index is -0.587. The van der Waals surface area contributed by atoms with Gasteiger partial charge in [-0.1, -0.05) is 0 Å². The molecule has 1 atom stereocenters. The summed E-state index contributed by atoms with van der Waals surface area (Å²) in [6.07, 6.45) is 0.904. The second-order valence-electron chi connectivity index (χ2n) is 6.74. The molecule has 1 aliphatic heterocycles. The van der Waals surface area contributed by atoms with E-state index in [1.165, 1.54) is 12.0 Å². The minimum absolute atomic E-state index is 0.232. The first-order chi connectivity index (χ1) is 8.99. The number of nitrogens with zero attached hydrogens (tertiary/aromatic N) is 2. The van der Waals surface area contributed by atoms with Gasteiger partial charge in [0.15, 0.2) is 0 Å². The molecule has 6 nitrogen and oxygen atoms in total. The first-order valence-corrected chi connectivity index (χ1v) is 6.83. The van der Waals surface area contributed by atoms with Crippen LogP contribution in [0.2, 0.25) is 0 Å². The fourth-order valence-corrected chi connectivity index (χ4v) is 2.38. The van der Waals surface area contributed by atoms with E-state index in [4.69, 9.17) is 9.57 Å². The number of rotatable bonds is 2. The molecule has 0 bridgehead atoms. The third kappa shape index (κ3) is 3.62. The van der Waals surface area contributed by atoms with Crippen molar-refractivity contribution in [3.63, 3.8) is 0 Å². The zero-order valence-electron chi connectivity index (χ0n) is 13.5. The van der Waals surface area contributed by atoms with Gasteiger partial charge < -0.3 is 4.74 Å². The van der Waals surface area contributed by atoms with Gasteiger partial charge in [0.2, 0.25) is 0 Å². The van der Waals surface area contributed by atoms with Crippen molar-refractivity contribution >= 4 is 12.0 Å². The zero-order valence-corrected chi connectivity index (χ0v) is 13.5. The van der Waals surface area contributed by atoms with Crippen LogP contribution in [-0.4, -0.2) is 53.3 Å². The number of amides is 2. The number of hydroxylamine groups is 2. The predicted octanol–water partition coefficient (Wildman–Crippen LogP) is 2.18. The molecule has 0 aliphatic carbocycles. The SMILES string of the molecule is CON(C)C(=O)[C@H]1CCC(C)(C)N1C(=O)OC(C)(C)C. The quantitative estimate of drug-likeness (QED) is 0.730. The Morgan fingerprint density at radius 2 is 1.85 bits per heavy atom. The fourth-order valence-electron chi connectivity index (χ4n) is 2.38. The maximum absolute atomic E-state index is 12.4. The van der Waals surface area contributed by atoms with Crippen molar-refractivity contribution in [2.75, 3.05) is 14.2 Å². The Morgan fingerprint density at radius 3 is 2.30 bits per heavy atom. The van der Waals surface area contributed by atoms with E-state index in [2.05, 4.69) is 0 Å². The standard InChI is InChI=1S/C14H26N2O4/c1-13(2,3)20-12(18)16-10(8-9-14(16,4)5)11(17)15(6)19-7/h10H,8-9H2,1-7H3/t10-/m1/s1. The average molecular weight is 286 g/mol. The largest absolute Gasteiger partial charge is 0.444 e. The highest BCUT2D eigenvalue weighted by Gasteiger charge is 2.48. The Bertz CT molecular complexity index is 387. The van der Waals surface area contributed by atoms with E-state index in [0.29, 0.717) is 6.42 Å². The van der Waals surface area contributed by atoms with Gasteiger partial charge in [0, 0.05) is 12.6 Å². The van der Waals surface area contributed by atoms with E-state index >= 15 is 0 Å². The first-order valence-electron chi connectivity index (χ1n) is 6.83. The van der Waals surface area contributed by atoms with Gasteiger partial charge in [0.25, 0.3) is 5.91 Å². The Balaban J connectivity index is 2.97. The summed E-state index contributed by atoms with van der Waals surface area (Å²) in [4.78, 5) is 31.2. The van der Waals surface area contributed by atoms with Crippen LogP contribution in [0.15, 0.2) is 0 Å². The first kappa shape index (κ1) is 16.8. The molecule has 0 saturated carbocycles. The molecular weight excluding hydrogens is 260 g/mol. The summed E-state index contributed by atoms with van der Waals surface area (Å²) in [5.41, 5.74) is -0.992. The van der Waals surface area contributed by atoms with Crippen molar-refractivity contribution in [2.24, 2.45) is 0 Å². The maximum atomic E-state index is 12.4. The van der Waals surface area contributed by atoms with Gasteiger partial charge in [0.1, 0.15) is 11.6 Å². The summed E-state index contributed by atoms with van der Waals surface area (Å²) in [6, 6.07) is -0.537. The van der Waals surface area contributed by atoms with E-state index in [-0.39, 0.29) is 5.91 Å². The lowest BCUT2D eigenvalue weighted by atomic mass is 10.0. The fraction of sp³-hybridized carbons (Fsp3) is 0.857. The van der Waals surface area contributed by atoms with Crippen LogP contribution in [0.3, 0.4) is 0 Å². The van der Waals surface area contributed by atoms with Gasteiger partial charge in [-0.05, 0) is 47.5 Å². The molecule has 0 aromatic rings. The van der Waals surface area contributed by atoms with Gasteiger partial charge in [-0.25, -0.2) is 9.86 Å². The molecule has 6 heteroatoms. The van der Waals surface area contributed by atoms with Crippen molar-refractivity contribution in [2.45, 2.75) is 64.6 Å². The van der Waals surface area contributed by atoms with Crippen molar-refractivity contribution in [3.8, 4) is 0 Å². The molecule has 0 radical (unpaired) electrons. The summed E-state index contributed by atoms with van der Waals surface area (Å²) in [6.45, 7) is 9.32. The van der Waals surface area contributed by atoms with E-state index in [1.54, 1.807) is 7.05 Å². The van der Waals surface area contributed by atoms with Gasteiger partial charge in [-0.2, -0.15) is 0 Å². The second kappa shape index (κ2) is 5.60. The molecule has 0 spiro atoms. The van der Waals surface area contributed by atoms with Crippen molar-refractivity contribution in [3.05, 3.63) is 0 Å². The van der Waals surface area contributed by atoms with Crippen LogP contribution in [0.5, 0.6) is 0 Å². The number of carbonyl (C=O) groups is 2. The van der Waals surface area contributed by atoms with Gasteiger partial charge in [-0.3, -0.25) is 14.5 Å². The molecule has 1 rings (SSSR count). The van der Waals surface area contributed by atoms with Crippen molar-refractivity contribution < 1.29 is 19.2 Å². The molecular formula is C14H26N2O4. The number of carbonyl (C=O) groups excluding carboxylic acids is 2. The second-order valence-corrected chi connectivity index (χ2v) is 6.74. The smallest absolute Gasteiger partial charge is 0.411 e. The highest BCUT2D eigenvalue weighted by molar-refractivity contribution is 5.86. The Morgan fingerprint density at radius 1 is 1.30 bits per heavy atom. The van der Waals surface area contributed by atoms with Crippen LogP contribution in [-0.2, 0) is 14.4 Å². The highest BCUT2D eigenvalue weighted by Crippen LogP contribution is 2.35. The number of likely N-dealkylation sites (N-methyl/N-ethyl adjacent to an activating group) is 1. The lowest BCUT2D eigenvalue weighted by Gasteiger charge is -2.37. The van der Waals surface area contributed by atoms with Gasteiger partial charge in [-0.15, -0.1) is 0 Å². The molecule has 1 heterocycles. The van der Waals surface area contributed by atoms with Crippen LogP contribution in [0.1, 0.15) is 47.5 Å². The Kier molecular flexibility index (Phi) is 4.69. The third-order valence-corrected chi connectivity index (χ3v) is 3.45. The predicted molar refractivity (Wildman–Crippen MR) is 75.0 cm³/mol. The van der Waals surface area contributed by atoms with E-state index in [0.717, 1.165) is 11.5 Å². The number of ether oxygens (including phenoxy) is 1. The summed E-state index contributed by atoms with van der Waals surface area (Å²) in [5, 5.41) is 1.16. The number of likely N-dealkylation sites (tertiary alicyclic amines) is 1. The molecule has 1 fully saturated rings. The third-order valence-electron chi connectivity index (χ3n) is 3.45. The zero-order chi connectivity index (χ0) is 15.7. The van der Waals surface area contributed by atoms with Crippen LogP contribution in [0.4, 0.5) is 4.79 Å². The summed E-state index contributed by atoms with van der Waals surface area (Å²) >= 11 is 0. The summed E-state index contributed by atoms with van der Waals surface area (Å²) in [7, 11) is 2.97. The Labute approximate surface area is 121 Å². The van der Waals surface area contributed by atoms with Gasteiger partial charge in [0.05, 0.1) is 7.11 Å². The van der Waals surface area contributed by atoms with Crippen LogP contribution in [0, 0.1) is 0 Å². The summed E-state index contributed by atoms with van der Waals surface area (Å²) < 4.78 is 5.43. The monoisotopic (exact) mass is 286 g/mol. The van der Waals surface area contributed by atoms with Gasteiger partial charge >= 0.3 is 6.09 Å². The topological polar surface area (TPSA) is 59.1 Å². The van der Waals surface area contributed by atoms with E-state index in [1.807, 2.05) is 34.6 Å². The maximum Gasteiger partial charge on any atom is 0.411 e. The minimum Gasteiger partial charge on any atom is -0.444 e. The van der Waals surface area contributed by atoms with E-state index in [9.17, 15) is 9.59 Å².